The highest BCUT2D eigenvalue weighted by Crippen LogP contribution is 2.21. The second-order valence-electron chi connectivity index (χ2n) is 4.32. The van der Waals surface area contributed by atoms with Crippen molar-refractivity contribution in [3.8, 4) is 0 Å². The Balaban J connectivity index is 2.28. The summed E-state index contributed by atoms with van der Waals surface area (Å²) in [6.07, 6.45) is 1.55. The van der Waals surface area contributed by atoms with Crippen LogP contribution in [0.3, 0.4) is 0 Å². The summed E-state index contributed by atoms with van der Waals surface area (Å²) in [5, 5.41) is 10.8. The molecule has 1 aromatic carbocycles. The van der Waals surface area contributed by atoms with Gasteiger partial charge in [-0.1, -0.05) is 0 Å². The topological polar surface area (TPSA) is 76.6 Å². The first-order chi connectivity index (χ1) is 10.0. The van der Waals surface area contributed by atoms with Crippen LogP contribution in [0.4, 0.5) is 5.69 Å². The van der Waals surface area contributed by atoms with Crippen LogP contribution in [0.15, 0.2) is 41.0 Å². The zero-order valence-electron chi connectivity index (χ0n) is 11.3. The van der Waals surface area contributed by atoms with E-state index < -0.39 is 4.92 Å². The summed E-state index contributed by atoms with van der Waals surface area (Å²) in [5.41, 5.74) is 0.242. The van der Waals surface area contributed by atoms with Crippen LogP contribution in [-0.2, 0) is 6.54 Å². The van der Waals surface area contributed by atoms with Gasteiger partial charge in [-0.3, -0.25) is 14.9 Å². The van der Waals surface area contributed by atoms with Gasteiger partial charge in [0.2, 0.25) is 0 Å². The number of benzene rings is 1. The third-order valence-electron chi connectivity index (χ3n) is 2.99. The maximum absolute atomic E-state index is 12.6. The largest absolute Gasteiger partial charge is 0.467 e. The van der Waals surface area contributed by atoms with E-state index in [-0.39, 0.29) is 11.6 Å². The number of hydrogen-bond acceptors (Lipinski definition) is 4. The molecule has 1 aromatic heterocycles. The molecule has 0 fully saturated rings. The van der Waals surface area contributed by atoms with Crippen molar-refractivity contribution >= 4 is 34.2 Å². The van der Waals surface area contributed by atoms with Crippen LogP contribution in [0, 0.1) is 13.7 Å². The minimum atomic E-state index is -0.504. The molecule has 1 heterocycles. The van der Waals surface area contributed by atoms with Crippen molar-refractivity contribution in [2.24, 2.45) is 0 Å². The molecule has 0 aliphatic heterocycles. The number of nitro groups is 1. The van der Waals surface area contributed by atoms with Crippen LogP contribution >= 0.6 is 22.6 Å². The third kappa shape index (κ3) is 3.60. The lowest BCUT2D eigenvalue weighted by molar-refractivity contribution is -0.384. The molecule has 110 valence electrons. The predicted molar refractivity (Wildman–Crippen MR) is 84.9 cm³/mol. The lowest BCUT2D eigenvalue weighted by atomic mass is 10.1. The molecule has 0 N–H and O–H groups in total. The lowest BCUT2D eigenvalue weighted by Crippen LogP contribution is -2.30. The first-order valence-electron chi connectivity index (χ1n) is 6.28. The smallest absolute Gasteiger partial charge is 0.270 e. The van der Waals surface area contributed by atoms with E-state index in [2.05, 4.69) is 0 Å². The van der Waals surface area contributed by atoms with Gasteiger partial charge in [0.25, 0.3) is 11.6 Å². The summed E-state index contributed by atoms with van der Waals surface area (Å²) in [4.78, 5) is 24.5. The highest BCUT2D eigenvalue weighted by atomic mass is 127. The number of carbonyl (C=O) groups excluding carboxylic acids is 1. The molecule has 0 saturated carbocycles. The number of carbonyl (C=O) groups is 1. The van der Waals surface area contributed by atoms with E-state index in [4.69, 9.17) is 4.42 Å². The number of halogens is 1. The molecule has 1 amide bonds. The SMILES string of the molecule is CCN(Cc1ccco1)C(=O)c1cc([N+](=O)[O-])ccc1I. The molecule has 0 unspecified atom stereocenters. The summed E-state index contributed by atoms with van der Waals surface area (Å²) < 4.78 is 5.92. The minimum Gasteiger partial charge on any atom is -0.467 e. The monoisotopic (exact) mass is 400 g/mol. The quantitative estimate of drug-likeness (QED) is 0.438. The fourth-order valence-corrected chi connectivity index (χ4v) is 2.45. The Hall–Kier alpha value is -1.90. The number of non-ortho nitro benzene ring substituents is 1. The van der Waals surface area contributed by atoms with Gasteiger partial charge in [-0.15, -0.1) is 0 Å². The molecule has 21 heavy (non-hydrogen) atoms. The van der Waals surface area contributed by atoms with Gasteiger partial charge in [0.15, 0.2) is 0 Å². The molecule has 0 bridgehead atoms. The molecular formula is C14H13IN2O4. The van der Waals surface area contributed by atoms with Crippen molar-refractivity contribution < 1.29 is 14.1 Å². The highest BCUT2D eigenvalue weighted by molar-refractivity contribution is 14.1. The molecule has 7 heteroatoms. The fraction of sp³-hybridized carbons (Fsp3) is 0.214. The Morgan fingerprint density at radius 1 is 1.43 bits per heavy atom. The van der Waals surface area contributed by atoms with E-state index >= 15 is 0 Å². The van der Waals surface area contributed by atoms with Gasteiger partial charge in [0.1, 0.15) is 5.76 Å². The number of amides is 1. The maximum Gasteiger partial charge on any atom is 0.270 e. The van der Waals surface area contributed by atoms with Gasteiger partial charge >= 0.3 is 0 Å². The van der Waals surface area contributed by atoms with Crippen LogP contribution in [0.1, 0.15) is 23.0 Å². The normalized spacial score (nSPS) is 10.4. The fourth-order valence-electron chi connectivity index (χ4n) is 1.88. The van der Waals surface area contributed by atoms with E-state index in [0.717, 1.165) is 0 Å². The van der Waals surface area contributed by atoms with Crippen molar-refractivity contribution in [1.29, 1.82) is 0 Å². The van der Waals surface area contributed by atoms with Crippen molar-refractivity contribution in [3.63, 3.8) is 0 Å². The second-order valence-corrected chi connectivity index (χ2v) is 5.48. The maximum atomic E-state index is 12.6. The number of furan rings is 1. The van der Waals surface area contributed by atoms with E-state index in [9.17, 15) is 14.9 Å². The van der Waals surface area contributed by atoms with Crippen molar-refractivity contribution in [3.05, 3.63) is 61.6 Å². The summed E-state index contributed by atoms with van der Waals surface area (Å²) in [6, 6.07) is 7.82. The number of rotatable bonds is 5. The van der Waals surface area contributed by atoms with Crippen LogP contribution < -0.4 is 0 Å². The Labute approximate surface area is 135 Å². The number of hydrogen-bond donors (Lipinski definition) is 0. The van der Waals surface area contributed by atoms with Gasteiger partial charge in [-0.25, -0.2) is 0 Å². The first-order valence-corrected chi connectivity index (χ1v) is 7.36. The van der Waals surface area contributed by atoms with E-state index in [1.54, 1.807) is 29.4 Å². The average Bonchev–Trinajstić information content (AvgIpc) is 2.97. The highest BCUT2D eigenvalue weighted by Gasteiger charge is 2.21. The molecule has 6 nitrogen and oxygen atoms in total. The van der Waals surface area contributed by atoms with Crippen LogP contribution in [0.5, 0.6) is 0 Å². The number of nitro benzene ring substituents is 1. The zero-order valence-corrected chi connectivity index (χ0v) is 13.4. The predicted octanol–water partition coefficient (Wildman–Crippen LogP) is 3.45. The molecule has 2 aromatic rings. The third-order valence-corrected chi connectivity index (χ3v) is 3.93. The van der Waals surface area contributed by atoms with Crippen molar-refractivity contribution in [2.45, 2.75) is 13.5 Å². The van der Waals surface area contributed by atoms with E-state index in [1.165, 1.54) is 12.1 Å². The van der Waals surface area contributed by atoms with Crippen LogP contribution in [-0.4, -0.2) is 22.3 Å². The van der Waals surface area contributed by atoms with Gasteiger partial charge in [-0.2, -0.15) is 0 Å². The summed E-state index contributed by atoms with van der Waals surface area (Å²) in [7, 11) is 0. The Morgan fingerprint density at radius 2 is 2.19 bits per heavy atom. The molecule has 0 atom stereocenters. The molecule has 0 aliphatic carbocycles. The Morgan fingerprint density at radius 3 is 2.76 bits per heavy atom. The summed E-state index contributed by atoms with van der Waals surface area (Å²) in [5.74, 6) is 0.424. The minimum absolute atomic E-state index is 0.0900. The van der Waals surface area contributed by atoms with E-state index in [1.807, 2.05) is 29.5 Å². The number of nitrogens with zero attached hydrogens (tertiary/aromatic N) is 2. The first kappa shape index (κ1) is 15.5. The average molecular weight is 400 g/mol. The van der Waals surface area contributed by atoms with Crippen molar-refractivity contribution in [2.75, 3.05) is 6.54 Å². The molecular weight excluding hydrogens is 387 g/mol. The van der Waals surface area contributed by atoms with Crippen LogP contribution in [0.2, 0.25) is 0 Å². The van der Waals surface area contributed by atoms with E-state index in [0.29, 0.717) is 28.0 Å². The lowest BCUT2D eigenvalue weighted by Gasteiger charge is -2.20. The zero-order chi connectivity index (χ0) is 15.4. The summed E-state index contributed by atoms with van der Waals surface area (Å²) >= 11 is 2.00. The van der Waals surface area contributed by atoms with Gasteiger partial charge in [-0.05, 0) is 47.7 Å². The van der Waals surface area contributed by atoms with Gasteiger partial charge < -0.3 is 9.32 Å². The Kier molecular flexibility index (Phi) is 4.94. The molecule has 0 aliphatic rings. The molecule has 0 radical (unpaired) electrons. The van der Waals surface area contributed by atoms with Crippen LogP contribution in [0.25, 0.3) is 0 Å². The molecule has 0 saturated heterocycles. The molecule has 0 spiro atoms. The van der Waals surface area contributed by atoms with Crippen molar-refractivity contribution in [1.82, 2.24) is 4.90 Å². The van der Waals surface area contributed by atoms with Gasteiger partial charge in [0, 0.05) is 22.2 Å². The molecule has 2 rings (SSSR count). The summed E-state index contributed by atoms with van der Waals surface area (Å²) in [6.45, 7) is 2.67. The second kappa shape index (κ2) is 6.70. The Bertz CT molecular complexity index is 655. The van der Waals surface area contributed by atoms with Gasteiger partial charge in [0.05, 0.1) is 23.3 Å². The standard InChI is InChI=1S/C14H13IN2O4/c1-2-16(9-11-4-3-7-21-11)14(18)12-8-10(17(19)20)5-6-13(12)15/h3-8H,2,9H2,1H3.